The van der Waals surface area contributed by atoms with Crippen LogP contribution in [0.25, 0.3) is 0 Å². The molecule has 4 rings (SSSR count). The maximum Gasteiger partial charge on any atom is 0.257 e. The number of benzene rings is 2. The molecule has 0 aliphatic carbocycles. The van der Waals surface area contributed by atoms with Crippen LogP contribution in [0.5, 0.6) is 5.75 Å². The summed E-state index contributed by atoms with van der Waals surface area (Å²) in [6, 6.07) is 17.8. The molecule has 38 heavy (non-hydrogen) atoms. The first-order valence-electron chi connectivity index (χ1n) is 12.2. The number of carbonyl (C=O) groups excluding carboxylic acids is 2. The van der Waals surface area contributed by atoms with E-state index >= 15 is 0 Å². The molecule has 0 unspecified atom stereocenters. The van der Waals surface area contributed by atoms with Crippen LogP contribution < -0.4 is 21.1 Å². The molecular weight excluding hydrogens is 478 g/mol. The number of rotatable bonds is 7. The summed E-state index contributed by atoms with van der Waals surface area (Å²) in [5.41, 5.74) is 10.7. The fourth-order valence-electron chi connectivity index (χ4n) is 3.73. The molecule has 8 nitrogen and oxygen atoms in total. The lowest BCUT2D eigenvalue weighted by molar-refractivity contribution is 0.101. The van der Waals surface area contributed by atoms with E-state index in [0.29, 0.717) is 46.2 Å². The minimum atomic E-state index is -0.337. The Kier molecular flexibility index (Phi) is 7.71. The van der Waals surface area contributed by atoms with Crippen molar-refractivity contribution >= 4 is 28.9 Å². The fourth-order valence-corrected chi connectivity index (χ4v) is 3.73. The van der Waals surface area contributed by atoms with Gasteiger partial charge in [-0.25, -0.2) is 0 Å². The van der Waals surface area contributed by atoms with E-state index in [1.54, 1.807) is 55.7 Å². The molecule has 0 fully saturated rings. The molecule has 0 atom stereocenters. The van der Waals surface area contributed by atoms with Gasteiger partial charge in [-0.2, -0.15) is 0 Å². The van der Waals surface area contributed by atoms with Crippen molar-refractivity contribution in [3.8, 4) is 5.75 Å². The van der Waals surface area contributed by atoms with Crippen LogP contribution >= 0.6 is 0 Å². The van der Waals surface area contributed by atoms with Crippen molar-refractivity contribution < 1.29 is 14.3 Å². The van der Waals surface area contributed by atoms with Crippen molar-refractivity contribution in [1.29, 1.82) is 0 Å². The van der Waals surface area contributed by atoms with E-state index in [4.69, 9.17) is 10.5 Å². The van der Waals surface area contributed by atoms with Crippen LogP contribution in [-0.4, -0.2) is 21.8 Å². The molecule has 0 aliphatic rings. The lowest BCUT2D eigenvalue weighted by atomic mass is 9.86. The lowest BCUT2D eigenvalue weighted by Gasteiger charge is -2.20. The topological polar surface area (TPSA) is 119 Å². The molecule has 0 bridgehead atoms. The van der Waals surface area contributed by atoms with E-state index in [-0.39, 0.29) is 17.2 Å². The van der Waals surface area contributed by atoms with Crippen molar-refractivity contribution in [2.75, 3.05) is 16.4 Å². The molecule has 2 heterocycles. The van der Waals surface area contributed by atoms with Crippen LogP contribution in [-0.2, 0) is 12.0 Å². The maximum atomic E-state index is 13.0. The second-order valence-electron chi connectivity index (χ2n) is 10.0. The van der Waals surface area contributed by atoms with Gasteiger partial charge < -0.3 is 21.1 Å². The Morgan fingerprint density at radius 1 is 0.895 bits per heavy atom. The van der Waals surface area contributed by atoms with E-state index in [1.807, 2.05) is 24.3 Å². The van der Waals surface area contributed by atoms with Crippen LogP contribution in [0.4, 0.5) is 17.1 Å². The zero-order chi connectivity index (χ0) is 27.3. The van der Waals surface area contributed by atoms with Gasteiger partial charge in [-0.1, -0.05) is 20.8 Å². The first kappa shape index (κ1) is 26.3. The number of pyridine rings is 2. The number of nitrogens with one attached hydrogen (secondary N) is 2. The van der Waals surface area contributed by atoms with Crippen molar-refractivity contribution in [1.82, 2.24) is 9.97 Å². The van der Waals surface area contributed by atoms with Crippen LogP contribution in [0.1, 0.15) is 58.3 Å². The van der Waals surface area contributed by atoms with E-state index < -0.39 is 0 Å². The number of nitrogens with two attached hydrogens (primary N) is 1. The van der Waals surface area contributed by atoms with Gasteiger partial charge in [0.1, 0.15) is 12.4 Å². The molecule has 2 amide bonds. The van der Waals surface area contributed by atoms with Gasteiger partial charge >= 0.3 is 0 Å². The highest BCUT2D eigenvalue weighted by Gasteiger charge is 2.18. The number of amides is 2. The number of hydrogen-bond donors (Lipinski definition) is 3. The minimum absolute atomic E-state index is 0.162. The largest absolute Gasteiger partial charge is 0.489 e. The van der Waals surface area contributed by atoms with E-state index in [0.717, 1.165) is 11.1 Å². The van der Waals surface area contributed by atoms with Gasteiger partial charge in [0.05, 0.1) is 23.1 Å². The van der Waals surface area contributed by atoms with Crippen molar-refractivity contribution in [3.05, 3.63) is 107 Å². The lowest BCUT2D eigenvalue weighted by Crippen LogP contribution is -2.18. The van der Waals surface area contributed by atoms with Crippen molar-refractivity contribution in [2.24, 2.45) is 0 Å². The number of nitrogens with zero attached hydrogens (tertiary/aromatic N) is 2. The molecule has 8 heteroatoms. The molecule has 4 aromatic rings. The molecule has 0 aliphatic heterocycles. The van der Waals surface area contributed by atoms with Gasteiger partial charge in [-0.3, -0.25) is 19.6 Å². The molecule has 2 aromatic carbocycles. The molecule has 194 valence electrons. The molecule has 0 saturated heterocycles. The van der Waals surface area contributed by atoms with Gasteiger partial charge in [0.2, 0.25) is 0 Å². The van der Waals surface area contributed by atoms with Gasteiger partial charge in [0, 0.05) is 29.3 Å². The Morgan fingerprint density at radius 2 is 1.58 bits per heavy atom. The van der Waals surface area contributed by atoms with Crippen molar-refractivity contribution in [2.45, 2.75) is 39.7 Å². The van der Waals surface area contributed by atoms with Crippen LogP contribution in [0.2, 0.25) is 0 Å². The first-order valence-corrected chi connectivity index (χ1v) is 12.2. The molecule has 0 radical (unpaired) electrons. The molecular formula is C30H31N5O3. The highest BCUT2D eigenvalue weighted by Crippen LogP contribution is 2.26. The third-order valence-electron chi connectivity index (χ3n) is 5.94. The summed E-state index contributed by atoms with van der Waals surface area (Å²) < 4.78 is 5.78. The average molecular weight is 510 g/mol. The predicted octanol–water partition coefficient (Wildman–Crippen LogP) is 5.75. The van der Waals surface area contributed by atoms with Crippen molar-refractivity contribution in [3.63, 3.8) is 0 Å². The standard InChI is InChI=1S/C30H31N5O3/c1-19-27(29(37)34-24-5-7-26(8-6-24)38-18-20-9-11-32-12-10-20)16-25(17-33-19)35-28(36)21-13-22(30(2,3)4)15-23(31)14-21/h5-17H,18,31H2,1-4H3,(H,34,37)(H,35,36). The number of nitrogen functional groups attached to an aromatic ring is 1. The SMILES string of the molecule is Cc1ncc(NC(=O)c2cc(N)cc(C(C)(C)C)c2)cc1C(=O)Nc1ccc(OCc2ccncc2)cc1. The summed E-state index contributed by atoms with van der Waals surface area (Å²) in [5, 5.41) is 5.70. The third kappa shape index (κ3) is 6.73. The quantitative estimate of drug-likeness (QED) is 0.273. The predicted molar refractivity (Wildman–Crippen MR) is 149 cm³/mol. The zero-order valence-electron chi connectivity index (χ0n) is 21.9. The normalized spacial score (nSPS) is 11.1. The Balaban J connectivity index is 1.42. The van der Waals surface area contributed by atoms with Gasteiger partial charge in [0.15, 0.2) is 0 Å². The van der Waals surface area contributed by atoms with Gasteiger partial charge in [-0.15, -0.1) is 0 Å². The van der Waals surface area contributed by atoms with E-state index in [1.165, 1.54) is 6.20 Å². The monoisotopic (exact) mass is 509 g/mol. The number of carbonyl (C=O) groups is 2. The maximum absolute atomic E-state index is 13.0. The number of anilines is 3. The summed E-state index contributed by atoms with van der Waals surface area (Å²) in [6.07, 6.45) is 4.96. The molecule has 2 aromatic heterocycles. The summed E-state index contributed by atoms with van der Waals surface area (Å²) in [5.74, 6) is 0.0104. The average Bonchev–Trinajstić information content (AvgIpc) is 2.89. The first-order chi connectivity index (χ1) is 18.1. The molecule has 0 spiro atoms. The summed E-state index contributed by atoms with van der Waals surface area (Å²) in [6.45, 7) is 8.33. The summed E-state index contributed by atoms with van der Waals surface area (Å²) in [7, 11) is 0. The number of aromatic nitrogens is 2. The Morgan fingerprint density at radius 3 is 2.26 bits per heavy atom. The third-order valence-corrected chi connectivity index (χ3v) is 5.94. The summed E-state index contributed by atoms with van der Waals surface area (Å²) in [4.78, 5) is 34.3. The number of aryl methyl sites for hydroxylation is 1. The van der Waals surface area contributed by atoms with Crippen LogP contribution in [0.15, 0.2) is 79.3 Å². The second kappa shape index (κ2) is 11.1. The zero-order valence-corrected chi connectivity index (χ0v) is 21.9. The highest BCUT2D eigenvalue weighted by molar-refractivity contribution is 6.08. The number of ether oxygens (including phenoxy) is 1. The minimum Gasteiger partial charge on any atom is -0.489 e. The smallest absolute Gasteiger partial charge is 0.257 e. The van der Waals surface area contributed by atoms with Gasteiger partial charge in [-0.05, 0) is 84.1 Å². The molecule has 0 saturated carbocycles. The van der Waals surface area contributed by atoms with Gasteiger partial charge in [0.25, 0.3) is 11.8 Å². The van der Waals surface area contributed by atoms with E-state index in [9.17, 15) is 9.59 Å². The summed E-state index contributed by atoms with van der Waals surface area (Å²) >= 11 is 0. The Hall–Kier alpha value is -4.72. The Bertz CT molecular complexity index is 1450. The van der Waals surface area contributed by atoms with Crippen LogP contribution in [0, 0.1) is 6.92 Å². The highest BCUT2D eigenvalue weighted by atomic mass is 16.5. The fraction of sp³-hybridized carbons (Fsp3) is 0.200. The van der Waals surface area contributed by atoms with E-state index in [2.05, 4.69) is 41.4 Å². The Labute approximate surface area is 222 Å². The second-order valence-corrected chi connectivity index (χ2v) is 10.0. The number of hydrogen-bond acceptors (Lipinski definition) is 6. The molecule has 4 N–H and O–H groups in total. The van der Waals surface area contributed by atoms with Crippen LogP contribution in [0.3, 0.4) is 0 Å².